The number of halogens is 1. The fraction of sp³-hybridized carbons (Fsp3) is 0.533. The summed E-state index contributed by atoms with van der Waals surface area (Å²) in [6, 6.07) is 5.94. The molecule has 3 rings (SSSR count). The highest BCUT2D eigenvalue weighted by Crippen LogP contribution is 2.39. The van der Waals surface area contributed by atoms with Crippen LogP contribution >= 0.6 is 15.9 Å². The predicted molar refractivity (Wildman–Crippen MR) is 83.7 cm³/mol. The number of hydrogen-bond donors (Lipinski definition) is 2. The maximum atomic E-state index is 11.6. The Morgan fingerprint density at radius 1 is 1.30 bits per heavy atom. The largest absolute Gasteiger partial charge is 0.370 e. The van der Waals surface area contributed by atoms with Gasteiger partial charge >= 0.3 is 0 Å². The number of primary amides is 1. The number of nitrogens with two attached hydrogens (primary N) is 2. The number of hydrogen-bond acceptors (Lipinski definition) is 3. The third-order valence-electron chi connectivity index (χ3n) is 4.72. The van der Waals surface area contributed by atoms with E-state index >= 15 is 0 Å². The molecule has 20 heavy (non-hydrogen) atoms. The van der Waals surface area contributed by atoms with Gasteiger partial charge in [-0.15, -0.1) is 0 Å². The average Bonchev–Trinajstić information content (AvgIpc) is 2.83. The zero-order chi connectivity index (χ0) is 14.3. The summed E-state index contributed by atoms with van der Waals surface area (Å²) in [6.45, 7) is 1.91. The molecule has 0 aromatic heterocycles. The van der Waals surface area contributed by atoms with Crippen molar-refractivity contribution in [3.63, 3.8) is 0 Å². The van der Waals surface area contributed by atoms with Crippen molar-refractivity contribution in [3.8, 4) is 0 Å². The summed E-state index contributed by atoms with van der Waals surface area (Å²) in [4.78, 5) is 13.9. The van der Waals surface area contributed by atoms with Crippen LogP contribution in [0.4, 0.5) is 5.69 Å². The number of carbonyl (C=O) groups excluding carboxylic acids is 1. The van der Waals surface area contributed by atoms with Gasteiger partial charge in [0.25, 0.3) is 5.91 Å². The Kier molecular flexibility index (Phi) is 3.73. The summed E-state index contributed by atoms with van der Waals surface area (Å²) < 4.78 is 0.969. The lowest BCUT2D eigenvalue weighted by Gasteiger charge is -2.29. The molecule has 1 aromatic carbocycles. The van der Waals surface area contributed by atoms with Gasteiger partial charge in [-0.2, -0.15) is 0 Å². The van der Waals surface area contributed by atoms with Crippen LogP contribution in [0.25, 0.3) is 0 Å². The Morgan fingerprint density at radius 2 is 2.10 bits per heavy atom. The van der Waals surface area contributed by atoms with Gasteiger partial charge in [-0.25, -0.2) is 0 Å². The van der Waals surface area contributed by atoms with Crippen LogP contribution in [0, 0.1) is 11.8 Å². The Bertz CT molecular complexity index is 534. The molecule has 1 amide bonds. The Morgan fingerprint density at radius 3 is 2.80 bits per heavy atom. The van der Waals surface area contributed by atoms with Crippen LogP contribution in [-0.4, -0.2) is 25.0 Å². The fourth-order valence-corrected chi connectivity index (χ4v) is 4.04. The van der Waals surface area contributed by atoms with E-state index in [2.05, 4.69) is 20.8 Å². The van der Waals surface area contributed by atoms with Crippen LogP contribution < -0.4 is 16.4 Å². The van der Waals surface area contributed by atoms with E-state index in [0.29, 0.717) is 23.4 Å². The third-order valence-corrected chi connectivity index (χ3v) is 5.21. The Hall–Kier alpha value is -1.07. The van der Waals surface area contributed by atoms with Gasteiger partial charge in [0.1, 0.15) is 0 Å². The number of carbonyl (C=O) groups is 1. The van der Waals surface area contributed by atoms with Gasteiger partial charge in [0.15, 0.2) is 0 Å². The highest BCUT2D eigenvalue weighted by atomic mass is 79.9. The smallest absolute Gasteiger partial charge is 0.250 e. The van der Waals surface area contributed by atoms with Crippen LogP contribution in [-0.2, 0) is 0 Å². The second kappa shape index (κ2) is 5.37. The quantitative estimate of drug-likeness (QED) is 0.868. The molecular formula is C15H20BrN3O. The van der Waals surface area contributed by atoms with Crippen LogP contribution in [0.15, 0.2) is 22.7 Å². The van der Waals surface area contributed by atoms with Gasteiger partial charge in [-0.1, -0.05) is 22.4 Å². The first-order valence-electron chi connectivity index (χ1n) is 7.16. The van der Waals surface area contributed by atoms with E-state index in [0.717, 1.165) is 29.7 Å². The first-order valence-corrected chi connectivity index (χ1v) is 7.95. The van der Waals surface area contributed by atoms with Crippen molar-refractivity contribution >= 4 is 27.5 Å². The first-order chi connectivity index (χ1) is 9.56. The normalized spacial score (nSPS) is 29.3. The summed E-state index contributed by atoms with van der Waals surface area (Å²) in [6.07, 6.45) is 3.59. The van der Waals surface area contributed by atoms with E-state index < -0.39 is 0 Å². The van der Waals surface area contributed by atoms with E-state index in [9.17, 15) is 4.79 Å². The fourth-order valence-electron chi connectivity index (χ4n) is 3.69. The van der Waals surface area contributed by atoms with Crippen LogP contribution in [0.5, 0.6) is 0 Å². The molecule has 0 spiro atoms. The van der Waals surface area contributed by atoms with Gasteiger partial charge in [0, 0.05) is 23.6 Å². The third kappa shape index (κ3) is 2.44. The number of nitrogens with zero attached hydrogens (tertiary/aromatic N) is 1. The van der Waals surface area contributed by atoms with Crippen molar-refractivity contribution in [1.29, 1.82) is 0 Å². The van der Waals surface area contributed by atoms with E-state index in [1.165, 1.54) is 12.8 Å². The van der Waals surface area contributed by atoms with Crippen LogP contribution in [0.3, 0.4) is 0 Å². The zero-order valence-electron chi connectivity index (χ0n) is 11.4. The van der Waals surface area contributed by atoms with E-state index in [4.69, 9.17) is 11.5 Å². The highest BCUT2D eigenvalue weighted by Gasteiger charge is 2.39. The average molecular weight is 338 g/mol. The van der Waals surface area contributed by atoms with Crippen molar-refractivity contribution in [1.82, 2.24) is 0 Å². The summed E-state index contributed by atoms with van der Waals surface area (Å²) in [5.41, 5.74) is 13.3. The molecule has 3 unspecified atom stereocenters. The maximum absolute atomic E-state index is 11.6. The Balaban J connectivity index is 1.90. The second-order valence-corrected chi connectivity index (χ2v) is 6.87. The lowest BCUT2D eigenvalue weighted by Crippen LogP contribution is -2.38. The number of amides is 1. The summed E-state index contributed by atoms with van der Waals surface area (Å²) in [5.74, 6) is 0.827. The molecule has 0 bridgehead atoms. The lowest BCUT2D eigenvalue weighted by atomic mass is 9.78. The van der Waals surface area contributed by atoms with Crippen molar-refractivity contribution in [2.75, 3.05) is 18.0 Å². The van der Waals surface area contributed by atoms with E-state index in [-0.39, 0.29) is 5.91 Å². The molecule has 1 aromatic rings. The molecule has 2 fully saturated rings. The molecular weight excluding hydrogens is 318 g/mol. The minimum absolute atomic E-state index is 0.294. The highest BCUT2D eigenvalue weighted by molar-refractivity contribution is 9.10. The molecule has 1 aliphatic carbocycles. The van der Waals surface area contributed by atoms with Gasteiger partial charge in [0.2, 0.25) is 0 Å². The van der Waals surface area contributed by atoms with Crippen molar-refractivity contribution < 1.29 is 4.79 Å². The van der Waals surface area contributed by atoms with Gasteiger partial charge in [-0.3, -0.25) is 4.79 Å². The van der Waals surface area contributed by atoms with Crippen molar-refractivity contribution in [2.24, 2.45) is 23.3 Å². The van der Waals surface area contributed by atoms with Gasteiger partial charge in [-0.05, 0) is 42.9 Å². The number of benzene rings is 1. The lowest BCUT2D eigenvalue weighted by molar-refractivity contribution is 0.100. The number of rotatable bonds is 2. The molecule has 5 heteroatoms. The minimum Gasteiger partial charge on any atom is -0.370 e. The monoisotopic (exact) mass is 337 g/mol. The van der Waals surface area contributed by atoms with E-state index in [1.54, 1.807) is 6.07 Å². The second-order valence-electron chi connectivity index (χ2n) is 5.95. The molecule has 1 aliphatic heterocycles. The van der Waals surface area contributed by atoms with Crippen molar-refractivity contribution in [3.05, 3.63) is 28.2 Å². The van der Waals surface area contributed by atoms with Crippen molar-refractivity contribution in [2.45, 2.75) is 25.3 Å². The van der Waals surface area contributed by atoms with Gasteiger partial charge < -0.3 is 16.4 Å². The molecule has 3 atom stereocenters. The first kappa shape index (κ1) is 13.9. The minimum atomic E-state index is -0.369. The molecule has 108 valence electrons. The molecule has 2 aliphatic rings. The van der Waals surface area contributed by atoms with E-state index in [1.807, 2.05) is 12.1 Å². The van der Waals surface area contributed by atoms with Gasteiger partial charge in [0.05, 0.1) is 11.3 Å². The Labute approximate surface area is 127 Å². The molecule has 0 radical (unpaired) electrons. The predicted octanol–water partition coefficient (Wildman–Crippen LogP) is 2.11. The summed E-state index contributed by atoms with van der Waals surface area (Å²) >= 11 is 3.48. The zero-order valence-corrected chi connectivity index (χ0v) is 13.0. The number of anilines is 1. The molecule has 4 nitrogen and oxygen atoms in total. The molecule has 1 saturated heterocycles. The maximum Gasteiger partial charge on any atom is 0.250 e. The summed E-state index contributed by atoms with van der Waals surface area (Å²) in [7, 11) is 0. The number of fused-ring (bicyclic) bond motifs is 1. The summed E-state index contributed by atoms with van der Waals surface area (Å²) in [5, 5.41) is 0. The van der Waals surface area contributed by atoms with Crippen LogP contribution in [0.2, 0.25) is 0 Å². The SMILES string of the molecule is NC(=O)c1ccc(Br)cc1N1CC2CCCC(N)C2C1. The molecule has 1 heterocycles. The molecule has 4 N–H and O–H groups in total. The van der Waals surface area contributed by atoms with Crippen LogP contribution in [0.1, 0.15) is 29.6 Å². The topological polar surface area (TPSA) is 72.4 Å². The molecule has 1 saturated carbocycles. The standard InChI is InChI=1S/C15H20BrN3O/c16-10-4-5-11(15(18)20)14(6-10)19-7-9-2-1-3-13(17)12(9)8-19/h4-6,9,12-13H,1-3,7-8,17H2,(H2,18,20).